The van der Waals surface area contributed by atoms with Gasteiger partial charge in [-0.05, 0) is 18.6 Å². The van der Waals surface area contributed by atoms with Gasteiger partial charge >= 0.3 is 0 Å². The number of aliphatic hydroxyl groups excluding tert-OH is 1. The van der Waals surface area contributed by atoms with Crippen LogP contribution in [-0.4, -0.2) is 17.8 Å². The highest BCUT2D eigenvalue weighted by atomic mass is 35.5. The third kappa shape index (κ3) is 3.16. The summed E-state index contributed by atoms with van der Waals surface area (Å²) in [5, 5.41) is 9.23. The van der Waals surface area contributed by atoms with E-state index in [2.05, 4.69) is 0 Å². The summed E-state index contributed by atoms with van der Waals surface area (Å²) >= 11 is 5.55. The summed E-state index contributed by atoms with van der Waals surface area (Å²) in [4.78, 5) is 0. The summed E-state index contributed by atoms with van der Waals surface area (Å²) in [6, 6.07) is 4.10. The average molecular weight is 219 g/mol. The predicted molar refractivity (Wildman–Crippen MR) is 53.2 cm³/mol. The van der Waals surface area contributed by atoms with Crippen molar-refractivity contribution in [1.82, 2.24) is 0 Å². The second-order valence-corrected chi connectivity index (χ2v) is 3.36. The number of hydrogen-bond donors (Lipinski definition) is 1. The van der Waals surface area contributed by atoms with E-state index in [0.717, 1.165) is 0 Å². The maximum absolute atomic E-state index is 12.7. The maximum Gasteiger partial charge on any atom is 0.142 e. The van der Waals surface area contributed by atoms with E-state index >= 15 is 0 Å². The highest BCUT2D eigenvalue weighted by Gasteiger charge is 2.04. The number of hydrogen-bond acceptors (Lipinski definition) is 2. The number of ether oxygens (including phenoxy) is 1. The van der Waals surface area contributed by atoms with Crippen LogP contribution in [0.1, 0.15) is 13.3 Å². The molecule has 1 aromatic rings. The largest absolute Gasteiger partial charge is 0.491 e. The first-order valence-electron chi connectivity index (χ1n) is 4.39. The summed E-state index contributed by atoms with van der Waals surface area (Å²) in [5.74, 6) is -0.0149. The molecule has 0 aromatic heterocycles. The van der Waals surface area contributed by atoms with Crippen molar-refractivity contribution in [3.63, 3.8) is 0 Å². The van der Waals surface area contributed by atoms with Gasteiger partial charge in [-0.15, -0.1) is 0 Å². The quantitative estimate of drug-likeness (QED) is 0.842. The van der Waals surface area contributed by atoms with Crippen molar-refractivity contribution in [3.05, 3.63) is 29.0 Å². The Hall–Kier alpha value is -0.800. The molecule has 0 amide bonds. The molecular formula is C10H12ClFO2. The maximum atomic E-state index is 12.7. The second-order valence-electron chi connectivity index (χ2n) is 2.95. The predicted octanol–water partition coefficient (Wildman–Crippen LogP) is 2.63. The van der Waals surface area contributed by atoms with Crippen LogP contribution in [0, 0.1) is 5.82 Å². The molecule has 0 saturated carbocycles. The zero-order valence-electron chi connectivity index (χ0n) is 7.84. The van der Waals surface area contributed by atoms with Crippen LogP contribution in [0.4, 0.5) is 4.39 Å². The van der Waals surface area contributed by atoms with E-state index in [9.17, 15) is 9.50 Å². The van der Waals surface area contributed by atoms with E-state index in [1.54, 1.807) is 0 Å². The highest BCUT2D eigenvalue weighted by molar-refractivity contribution is 6.30. The molecule has 2 nitrogen and oxygen atoms in total. The van der Waals surface area contributed by atoms with Crippen LogP contribution in [0.5, 0.6) is 5.75 Å². The lowest BCUT2D eigenvalue weighted by Crippen LogP contribution is -2.15. The second kappa shape index (κ2) is 5.17. The van der Waals surface area contributed by atoms with E-state index in [1.165, 1.54) is 18.2 Å². The summed E-state index contributed by atoms with van der Waals surface area (Å²) in [5.41, 5.74) is 0. The first-order chi connectivity index (χ1) is 6.63. The molecule has 0 spiro atoms. The van der Waals surface area contributed by atoms with Crippen molar-refractivity contribution in [3.8, 4) is 5.75 Å². The minimum atomic E-state index is -0.501. The van der Waals surface area contributed by atoms with Gasteiger partial charge in [-0.2, -0.15) is 0 Å². The first kappa shape index (κ1) is 11.3. The van der Waals surface area contributed by atoms with Gasteiger partial charge in [0.1, 0.15) is 18.2 Å². The van der Waals surface area contributed by atoms with Crippen molar-refractivity contribution in [2.24, 2.45) is 0 Å². The van der Waals surface area contributed by atoms with Crippen LogP contribution in [0.2, 0.25) is 5.02 Å². The van der Waals surface area contributed by atoms with Crippen molar-refractivity contribution in [1.29, 1.82) is 0 Å². The van der Waals surface area contributed by atoms with E-state index in [-0.39, 0.29) is 11.6 Å². The standard InChI is InChI=1S/C10H12ClFO2/c1-2-7(13)6-14-8-3-4-10(12)9(11)5-8/h3-5,7,13H,2,6H2,1H3. The summed E-state index contributed by atoms with van der Waals surface area (Å²) in [7, 11) is 0. The third-order valence-corrected chi connectivity index (χ3v) is 2.09. The Morgan fingerprint density at radius 3 is 2.86 bits per heavy atom. The highest BCUT2D eigenvalue weighted by Crippen LogP contribution is 2.21. The third-order valence-electron chi connectivity index (χ3n) is 1.80. The van der Waals surface area contributed by atoms with Gasteiger partial charge < -0.3 is 9.84 Å². The van der Waals surface area contributed by atoms with E-state index in [1.807, 2.05) is 6.92 Å². The average Bonchev–Trinajstić information content (AvgIpc) is 2.19. The van der Waals surface area contributed by atoms with Gasteiger partial charge in [-0.3, -0.25) is 0 Å². The zero-order chi connectivity index (χ0) is 10.6. The molecule has 1 N–H and O–H groups in total. The Kier molecular flexibility index (Phi) is 4.17. The zero-order valence-corrected chi connectivity index (χ0v) is 8.59. The lowest BCUT2D eigenvalue weighted by atomic mass is 10.3. The molecule has 1 aromatic carbocycles. The lowest BCUT2D eigenvalue weighted by molar-refractivity contribution is 0.104. The van der Waals surface area contributed by atoms with Crippen molar-refractivity contribution in [2.45, 2.75) is 19.4 Å². The van der Waals surface area contributed by atoms with E-state index < -0.39 is 11.9 Å². The van der Waals surface area contributed by atoms with Gasteiger partial charge in [-0.1, -0.05) is 18.5 Å². The summed E-state index contributed by atoms with van der Waals surface area (Å²) < 4.78 is 17.9. The molecule has 0 aliphatic heterocycles. The Labute approximate surface area is 87.3 Å². The smallest absolute Gasteiger partial charge is 0.142 e. The Morgan fingerprint density at radius 1 is 1.57 bits per heavy atom. The van der Waals surface area contributed by atoms with E-state index in [0.29, 0.717) is 12.2 Å². The molecule has 0 heterocycles. The summed E-state index contributed by atoms with van der Waals surface area (Å²) in [6.07, 6.45) is 0.119. The molecule has 4 heteroatoms. The molecular weight excluding hydrogens is 207 g/mol. The molecule has 14 heavy (non-hydrogen) atoms. The molecule has 0 saturated heterocycles. The van der Waals surface area contributed by atoms with Crippen molar-refractivity contribution >= 4 is 11.6 Å². The van der Waals surface area contributed by atoms with Gasteiger partial charge in [-0.25, -0.2) is 4.39 Å². The minimum absolute atomic E-state index is 0.0217. The molecule has 1 atom stereocenters. The lowest BCUT2D eigenvalue weighted by Gasteiger charge is -2.10. The Balaban J connectivity index is 2.55. The van der Waals surface area contributed by atoms with Crippen LogP contribution < -0.4 is 4.74 Å². The number of aliphatic hydroxyl groups is 1. The molecule has 1 unspecified atom stereocenters. The van der Waals surface area contributed by atoms with Crippen LogP contribution >= 0.6 is 11.6 Å². The van der Waals surface area contributed by atoms with Gasteiger partial charge in [0.25, 0.3) is 0 Å². The fraction of sp³-hybridized carbons (Fsp3) is 0.400. The van der Waals surface area contributed by atoms with E-state index in [4.69, 9.17) is 16.3 Å². The summed E-state index contributed by atoms with van der Waals surface area (Å²) in [6.45, 7) is 2.05. The monoisotopic (exact) mass is 218 g/mol. The van der Waals surface area contributed by atoms with Crippen LogP contribution in [0.15, 0.2) is 18.2 Å². The molecule has 1 rings (SSSR count). The number of halogens is 2. The number of rotatable bonds is 4. The Bertz CT molecular complexity index is 304. The topological polar surface area (TPSA) is 29.5 Å². The van der Waals surface area contributed by atoms with Gasteiger partial charge in [0.05, 0.1) is 11.1 Å². The SMILES string of the molecule is CCC(O)COc1ccc(F)c(Cl)c1. The van der Waals surface area contributed by atoms with Gasteiger partial charge in [0.15, 0.2) is 0 Å². The van der Waals surface area contributed by atoms with Crippen LogP contribution in [-0.2, 0) is 0 Å². The molecule has 0 fully saturated rings. The fourth-order valence-electron chi connectivity index (χ4n) is 0.877. The molecule has 0 radical (unpaired) electrons. The first-order valence-corrected chi connectivity index (χ1v) is 4.77. The van der Waals surface area contributed by atoms with Crippen LogP contribution in [0.25, 0.3) is 0 Å². The Morgan fingerprint density at radius 2 is 2.29 bits per heavy atom. The fourth-order valence-corrected chi connectivity index (χ4v) is 1.05. The molecule has 0 bridgehead atoms. The molecule has 0 aliphatic carbocycles. The molecule has 0 aliphatic rings. The van der Waals surface area contributed by atoms with Crippen molar-refractivity contribution in [2.75, 3.05) is 6.61 Å². The van der Waals surface area contributed by atoms with Gasteiger partial charge in [0.2, 0.25) is 0 Å². The minimum Gasteiger partial charge on any atom is -0.491 e. The molecule has 78 valence electrons. The van der Waals surface area contributed by atoms with Crippen molar-refractivity contribution < 1.29 is 14.2 Å². The number of benzene rings is 1. The normalized spacial score (nSPS) is 12.6. The van der Waals surface area contributed by atoms with Gasteiger partial charge in [0, 0.05) is 6.07 Å². The van der Waals surface area contributed by atoms with Crippen LogP contribution in [0.3, 0.4) is 0 Å².